The topological polar surface area (TPSA) is 49.8 Å². The lowest BCUT2D eigenvalue weighted by atomic mass is 9.84. The molecule has 2 aliphatic rings. The summed E-state index contributed by atoms with van der Waals surface area (Å²) in [6.45, 7) is 1.29. The van der Waals surface area contributed by atoms with Gasteiger partial charge in [0.15, 0.2) is 0 Å². The van der Waals surface area contributed by atoms with Crippen molar-refractivity contribution in [3.63, 3.8) is 0 Å². The fraction of sp³-hybridized carbons (Fsp3) is 0.929. The Morgan fingerprint density at radius 2 is 1.67 bits per heavy atom. The van der Waals surface area contributed by atoms with Gasteiger partial charge in [-0.1, -0.05) is 0 Å². The summed E-state index contributed by atoms with van der Waals surface area (Å²) in [6, 6.07) is 0.240. The summed E-state index contributed by atoms with van der Waals surface area (Å²) in [5.41, 5.74) is 0. The van der Waals surface area contributed by atoms with Crippen LogP contribution in [0.4, 0.5) is 13.2 Å². The smallest absolute Gasteiger partial charge is 0.391 e. The number of alkyl halides is 3. The first-order valence-corrected chi connectivity index (χ1v) is 7.50. The van der Waals surface area contributed by atoms with E-state index < -0.39 is 18.1 Å². The van der Waals surface area contributed by atoms with Gasteiger partial charge in [0.1, 0.15) is 6.61 Å². The van der Waals surface area contributed by atoms with E-state index in [1.807, 2.05) is 0 Å². The van der Waals surface area contributed by atoms with Crippen LogP contribution in [0.5, 0.6) is 0 Å². The van der Waals surface area contributed by atoms with Crippen molar-refractivity contribution in [2.45, 2.75) is 56.8 Å². The molecule has 0 amide bonds. The first-order chi connectivity index (χ1) is 9.86. The van der Waals surface area contributed by atoms with Crippen molar-refractivity contribution in [2.75, 3.05) is 19.7 Å². The van der Waals surface area contributed by atoms with Gasteiger partial charge in [0.25, 0.3) is 0 Å². The maximum absolute atomic E-state index is 12.6. The van der Waals surface area contributed by atoms with E-state index in [1.165, 1.54) is 0 Å². The highest BCUT2D eigenvalue weighted by Crippen LogP contribution is 2.39. The van der Waals surface area contributed by atoms with Crippen LogP contribution in [-0.2, 0) is 9.53 Å². The molecule has 0 aromatic rings. The Kier molecular flexibility index (Phi) is 5.48. The summed E-state index contributed by atoms with van der Waals surface area (Å²) < 4.78 is 43.2. The number of carbonyl (C=O) groups is 1. The van der Waals surface area contributed by atoms with Gasteiger partial charge in [-0.05, 0) is 38.5 Å². The van der Waals surface area contributed by atoms with Gasteiger partial charge < -0.3 is 14.7 Å². The molecule has 1 N–H and O–H groups in total. The summed E-state index contributed by atoms with van der Waals surface area (Å²) >= 11 is 0. The standard InChI is InChI=1S/C14H22F3NO3/c15-14(16,17)10-1-3-11(4-2-10)18-7-5-12(6-8-18)21-9-13(19)20/h10-12H,1-9H2,(H,19,20). The van der Waals surface area contributed by atoms with Gasteiger partial charge in [-0.15, -0.1) is 0 Å². The molecule has 7 heteroatoms. The normalized spacial score (nSPS) is 29.5. The monoisotopic (exact) mass is 309 g/mol. The highest BCUT2D eigenvalue weighted by atomic mass is 19.4. The number of hydrogen-bond acceptors (Lipinski definition) is 3. The molecule has 0 unspecified atom stereocenters. The van der Waals surface area contributed by atoms with Crippen LogP contribution in [0.3, 0.4) is 0 Å². The number of carboxylic acid groups (broad SMARTS) is 1. The summed E-state index contributed by atoms with van der Waals surface area (Å²) in [6.07, 6.45) is -0.923. The van der Waals surface area contributed by atoms with Crippen molar-refractivity contribution in [1.29, 1.82) is 0 Å². The minimum absolute atomic E-state index is 0.0381. The van der Waals surface area contributed by atoms with Crippen LogP contribution in [0.1, 0.15) is 38.5 Å². The number of rotatable bonds is 4. The van der Waals surface area contributed by atoms with Gasteiger partial charge in [0.05, 0.1) is 12.0 Å². The van der Waals surface area contributed by atoms with E-state index in [9.17, 15) is 18.0 Å². The van der Waals surface area contributed by atoms with Gasteiger partial charge in [0.2, 0.25) is 0 Å². The van der Waals surface area contributed by atoms with Crippen LogP contribution < -0.4 is 0 Å². The van der Waals surface area contributed by atoms with Gasteiger partial charge in [-0.2, -0.15) is 13.2 Å². The number of ether oxygens (including phenoxy) is 1. The van der Waals surface area contributed by atoms with E-state index in [0.717, 1.165) is 25.9 Å². The van der Waals surface area contributed by atoms with E-state index in [-0.39, 0.29) is 31.6 Å². The molecular weight excluding hydrogens is 287 g/mol. The molecule has 1 heterocycles. The average molecular weight is 309 g/mol. The number of piperidine rings is 1. The molecule has 0 atom stereocenters. The van der Waals surface area contributed by atoms with Crippen molar-refractivity contribution in [3.8, 4) is 0 Å². The lowest BCUT2D eigenvalue weighted by Crippen LogP contribution is -2.46. The third-order valence-corrected chi connectivity index (χ3v) is 4.60. The molecular formula is C14H22F3NO3. The summed E-state index contributed by atoms with van der Waals surface area (Å²) in [5, 5.41) is 8.56. The molecule has 4 nitrogen and oxygen atoms in total. The Hall–Kier alpha value is -0.820. The number of nitrogens with zero attached hydrogens (tertiary/aromatic N) is 1. The highest BCUT2D eigenvalue weighted by Gasteiger charge is 2.42. The highest BCUT2D eigenvalue weighted by molar-refractivity contribution is 5.68. The second kappa shape index (κ2) is 6.96. The fourth-order valence-corrected chi connectivity index (χ4v) is 3.37. The minimum Gasteiger partial charge on any atom is -0.480 e. The van der Waals surface area contributed by atoms with Crippen LogP contribution in [-0.4, -0.2) is 54.0 Å². The zero-order chi connectivity index (χ0) is 15.5. The molecule has 0 aromatic heterocycles. The third kappa shape index (κ3) is 4.85. The van der Waals surface area contributed by atoms with Crippen molar-refractivity contribution < 1.29 is 27.8 Å². The summed E-state index contributed by atoms with van der Waals surface area (Å²) in [4.78, 5) is 12.7. The lowest BCUT2D eigenvalue weighted by molar-refractivity contribution is -0.184. The number of carboxylic acids is 1. The zero-order valence-electron chi connectivity index (χ0n) is 11.9. The fourth-order valence-electron chi connectivity index (χ4n) is 3.37. The lowest BCUT2D eigenvalue weighted by Gasteiger charge is -2.40. The molecule has 21 heavy (non-hydrogen) atoms. The summed E-state index contributed by atoms with van der Waals surface area (Å²) in [5.74, 6) is -2.10. The van der Waals surface area contributed by atoms with E-state index >= 15 is 0 Å². The molecule has 0 aromatic carbocycles. The Balaban J connectivity index is 1.70. The molecule has 1 saturated carbocycles. The van der Waals surface area contributed by atoms with Crippen LogP contribution in [0.2, 0.25) is 0 Å². The maximum Gasteiger partial charge on any atom is 0.391 e. The van der Waals surface area contributed by atoms with Crippen LogP contribution in [0, 0.1) is 5.92 Å². The van der Waals surface area contributed by atoms with Crippen molar-refractivity contribution in [3.05, 3.63) is 0 Å². The molecule has 1 aliphatic heterocycles. The van der Waals surface area contributed by atoms with Crippen LogP contribution in [0.25, 0.3) is 0 Å². The number of aliphatic carboxylic acids is 1. The van der Waals surface area contributed by atoms with Crippen molar-refractivity contribution >= 4 is 5.97 Å². The third-order valence-electron chi connectivity index (χ3n) is 4.60. The van der Waals surface area contributed by atoms with Crippen LogP contribution in [0.15, 0.2) is 0 Å². The molecule has 1 saturated heterocycles. The quantitative estimate of drug-likeness (QED) is 0.867. The number of hydrogen-bond donors (Lipinski definition) is 1. The summed E-state index contributed by atoms with van der Waals surface area (Å²) in [7, 11) is 0. The molecule has 0 spiro atoms. The Bertz CT molecular complexity index is 346. The second-order valence-electron chi connectivity index (χ2n) is 5.99. The minimum atomic E-state index is -4.05. The van der Waals surface area contributed by atoms with Crippen molar-refractivity contribution in [1.82, 2.24) is 4.90 Å². The zero-order valence-corrected chi connectivity index (χ0v) is 11.9. The Morgan fingerprint density at radius 1 is 1.10 bits per heavy atom. The predicted octanol–water partition coefficient (Wildman–Crippen LogP) is 2.67. The van der Waals surface area contributed by atoms with E-state index in [0.29, 0.717) is 12.8 Å². The number of halogens is 3. The Labute approximate surface area is 122 Å². The van der Waals surface area contributed by atoms with E-state index in [1.54, 1.807) is 0 Å². The Morgan fingerprint density at radius 3 is 2.14 bits per heavy atom. The van der Waals surface area contributed by atoms with E-state index in [4.69, 9.17) is 9.84 Å². The van der Waals surface area contributed by atoms with Gasteiger partial charge in [-0.3, -0.25) is 0 Å². The number of likely N-dealkylation sites (tertiary alicyclic amines) is 1. The molecule has 0 bridgehead atoms. The first kappa shape index (κ1) is 16.5. The second-order valence-corrected chi connectivity index (χ2v) is 5.99. The first-order valence-electron chi connectivity index (χ1n) is 7.50. The molecule has 2 fully saturated rings. The SMILES string of the molecule is O=C(O)COC1CCN(C2CCC(C(F)(F)F)CC2)CC1. The molecule has 1 aliphatic carbocycles. The van der Waals surface area contributed by atoms with E-state index in [2.05, 4.69) is 4.90 Å². The molecule has 0 radical (unpaired) electrons. The molecule has 122 valence electrons. The van der Waals surface area contributed by atoms with Gasteiger partial charge >= 0.3 is 12.1 Å². The van der Waals surface area contributed by atoms with Gasteiger partial charge in [-0.25, -0.2) is 4.79 Å². The molecule has 2 rings (SSSR count). The maximum atomic E-state index is 12.6. The largest absolute Gasteiger partial charge is 0.480 e. The van der Waals surface area contributed by atoms with Crippen molar-refractivity contribution in [2.24, 2.45) is 5.92 Å². The van der Waals surface area contributed by atoms with Crippen LogP contribution >= 0.6 is 0 Å². The van der Waals surface area contributed by atoms with Gasteiger partial charge in [0, 0.05) is 19.1 Å². The average Bonchev–Trinajstić information content (AvgIpc) is 2.45. The predicted molar refractivity (Wildman–Crippen MR) is 70.0 cm³/mol.